The van der Waals surface area contributed by atoms with Gasteiger partial charge in [-0.05, 0) is 35.4 Å². The molecule has 0 aliphatic rings. The van der Waals surface area contributed by atoms with Crippen LogP contribution >= 0.6 is 23.2 Å². The van der Waals surface area contributed by atoms with Crippen molar-refractivity contribution in [2.24, 2.45) is 7.05 Å². The van der Waals surface area contributed by atoms with Gasteiger partial charge in [-0.25, -0.2) is 10.5 Å². The number of nitrogens with zero attached hydrogens (tertiary/aromatic N) is 3. The molecule has 0 unspecified atom stereocenters. The van der Waals surface area contributed by atoms with Crippen LogP contribution in [0.4, 0.5) is 5.69 Å². The van der Waals surface area contributed by atoms with Crippen LogP contribution in [0.1, 0.15) is 17.0 Å². The number of aromatic nitrogens is 2. The molecule has 0 saturated carbocycles. The summed E-state index contributed by atoms with van der Waals surface area (Å²) in [6.45, 7) is 1.47. The number of nitrogens with one attached hydrogen (secondary N) is 1. The minimum Gasteiger partial charge on any atom is -0.369 e. The molecule has 0 bridgehead atoms. The largest absolute Gasteiger partial charge is 0.369 e. The second kappa shape index (κ2) is 10.5. The van der Waals surface area contributed by atoms with Gasteiger partial charge < -0.3 is 9.47 Å². The van der Waals surface area contributed by atoms with Crippen LogP contribution in [-0.4, -0.2) is 45.5 Å². The molecular weight excluding hydrogens is 423 g/mol. The van der Waals surface area contributed by atoms with Gasteiger partial charge in [0.05, 0.1) is 11.0 Å². The minimum absolute atomic E-state index is 0.540. The molecule has 0 saturated heterocycles. The number of amides is 1. The number of fused-ring (bicyclic) bond motifs is 1. The zero-order valence-corrected chi connectivity index (χ0v) is 18.2. The lowest BCUT2D eigenvalue weighted by molar-refractivity contribution is -0.124. The van der Waals surface area contributed by atoms with Crippen LogP contribution in [0.15, 0.2) is 48.5 Å². The van der Waals surface area contributed by atoms with Gasteiger partial charge in [0.1, 0.15) is 5.82 Å². The number of carbonyl (C=O) groups is 1. The lowest BCUT2D eigenvalue weighted by Crippen LogP contribution is -2.27. The Balaban J connectivity index is 1.80. The standard InChI is InChI=1S/C22H24Cl2N4O2/c1-27-20-8-7-18(28(12-10-23)13-11-24)15-19(20)25-21(27)14-17-4-2-16(3-5-17)6-9-22(29)26-30/h2-9,15,30H,10-14H2,1H3,(H,26,29)/b9-6+. The van der Waals surface area contributed by atoms with Crippen LogP contribution in [0, 0.1) is 0 Å². The molecule has 2 aromatic carbocycles. The SMILES string of the molecule is Cn1c(Cc2ccc(/C=C/C(=O)NO)cc2)nc2cc(N(CCCl)CCCl)ccc21. The second-order valence-electron chi connectivity index (χ2n) is 6.85. The second-order valence-corrected chi connectivity index (χ2v) is 7.61. The average molecular weight is 447 g/mol. The highest BCUT2D eigenvalue weighted by Gasteiger charge is 2.12. The molecule has 0 aliphatic carbocycles. The summed E-state index contributed by atoms with van der Waals surface area (Å²) in [6, 6.07) is 14.1. The summed E-state index contributed by atoms with van der Waals surface area (Å²) in [5, 5.41) is 8.53. The molecule has 3 aromatic rings. The van der Waals surface area contributed by atoms with Gasteiger partial charge in [-0.15, -0.1) is 23.2 Å². The van der Waals surface area contributed by atoms with E-state index in [1.54, 1.807) is 11.6 Å². The Morgan fingerprint density at radius 2 is 1.87 bits per heavy atom. The fourth-order valence-electron chi connectivity index (χ4n) is 3.31. The van der Waals surface area contributed by atoms with Crippen LogP contribution in [0.2, 0.25) is 0 Å². The first-order valence-corrected chi connectivity index (χ1v) is 10.7. The van der Waals surface area contributed by atoms with Crippen molar-refractivity contribution in [2.45, 2.75) is 6.42 Å². The topological polar surface area (TPSA) is 70.4 Å². The summed E-state index contributed by atoms with van der Waals surface area (Å²) in [4.78, 5) is 18.1. The number of hydroxylamine groups is 1. The van der Waals surface area contributed by atoms with Crippen molar-refractivity contribution < 1.29 is 10.0 Å². The number of carbonyl (C=O) groups excluding carboxylic acids is 1. The number of alkyl halides is 2. The quantitative estimate of drug-likeness (QED) is 0.226. The minimum atomic E-state index is -0.561. The summed E-state index contributed by atoms with van der Waals surface area (Å²) in [5.74, 6) is 1.48. The van der Waals surface area contributed by atoms with E-state index >= 15 is 0 Å². The monoisotopic (exact) mass is 446 g/mol. The van der Waals surface area contributed by atoms with Gasteiger partial charge in [0, 0.05) is 50.1 Å². The van der Waals surface area contributed by atoms with Gasteiger partial charge in [-0.3, -0.25) is 10.0 Å². The smallest absolute Gasteiger partial charge is 0.267 e. The van der Waals surface area contributed by atoms with Gasteiger partial charge >= 0.3 is 0 Å². The molecule has 0 aliphatic heterocycles. The van der Waals surface area contributed by atoms with Crippen molar-refractivity contribution in [3.63, 3.8) is 0 Å². The molecule has 30 heavy (non-hydrogen) atoms. The van der Waals surface area contributed by atoms with Crippen molar-refractivity contribution >= 4 is 51.9 Å². The zero-order valence-electron chi connectivity index (χ0n) is 16.7. The molecule has 0 atom stereocenters. The molecule has 0 spiro atoms. The first kappa shape index (κ1) is 22.2. The molecule has 1 amide bonds. The third kappa shape index (κ3) is 5.33. The third-order valence-corrected chi connectivity index (χ3v) is 5.25. The van der Waals surface area contributed by atoms with E-state index in [2.05, 4.69) is 27.7 Å². The van der Waals surface area contributed by atoms with Crippen molar-refractivity contribution in [2.75, 3.05) is 29.7 Å². The number of anilines is 1. The molecule has 6 nitrogen and oxygen atoms in total. The molecule has 0 fully saturated rings. The maximum absolute atomic E-state index is 11.1. The van der Waals surface area contributed by atoms with Crippen LogP contribution in [-0.2, 0) is 18.3 Å². The number of hydrogen-bond acceptors (Lipinski definition) is 4. The summed E-state index contributed by atoms with van der Waals surface area (Å²) < 4.78 is 2.10. The number of benzene rings is 2. The van der Waals surface area contributed by atoms with Crippen LogP contribution < -0.4 is 10.4 Å². The Morgan fingerprint density at radius 3 is 2.50 bits per heavy atom. The Kier molecular flexibility index (Phi) is 7.74. The number of halogens is 2. The van der Waals surface area contributed by atoms with Gasteiger partial charge in [0.2, 0.25) is 0 Å². The Morgan fingerprint density at radius 1 is 1.17 bits per heavy atom. The maximum Gasteiger partial charge on any atom is 0.267 e. The molecule has 8 heteroatoms. The predicted octanol–water partition coefficient (Wildman–Crippen LogP) is 3.97. The predicted molar refractivity (Wildman–Crippen MR) is 123 cm³/mol. The average Bonchev–Trinajstić information content (AvgIpc) is 3.07. The molecule has 0 radical (unpaired) electrons. The van der Waals surface area contributed by atoms with Crippen LogP contribution in [0.25, 0.3) is 17.1 Å². The first-order chi connectivity index (χ1) is 14.5. The van der Waals surface area contributed by atoms with E-state index in [-0.39, 0.29) is 0 Å². The fraction of sp³-hybridized carbons (Fsp3) is 0.273. The fourth-order valence-corrected chi connectivity index (χ4v) is 3.71. The lowest BCUT2D eigenvalue weighted by Gasteiger charge is -2.22. The summed E-state index contributed by atoms with van der Waals surface area (Å²) >= 11 is 11.9. The Bertz CT molecular complexity index is 1030. The normalized spacial score (nSPS) is 11.3. The van der Waals surface area contributed by atoms with E-state index in [0.717, 1.165) is 46.8 Å². The van der Waals surface area contributed by atoms with E-state index in [9.17, 15) is 4.79 Å². The zero-order chi connectivity index (χ0) is 21.5. The molecule has 1 heterocycles. The first-order valence-electron chi connectivity index (χ1n) is 9.59. The van der Waals surface area contributed by atoms with Gasteiger partial charge in [-0.1, -0.05) is 24.3 Å². The molecule has 3 rings (SSSR count). The van der Waals surface area contributed by atoms with E-state index in [1.165, 1.54) is 6.08 Å². The van der Waals surface area contributed by atoms with Gasteiger partial charge in [0.25, 0.3) is 5.91 Å². The Hall–Kier alpha value is -2.54. The van der Waals surface area contributed by atoms with Gasteiger partial charge in [0.15, 0.2) is 0 Å². The summed E-state index contributed by atoms with van der Waals surface area (Å²) in [6.07, 6.45) is 3.60. The highest BCUT2D eigenvalue weighted by atomic mass is 35.5. The lowest BCUT2D eigenvalue weighted by atomic mass is 10.1. The van der Waals surface area contributed by atoms with E-state index in [1.807, 2.05) is 31.3 Å². The number of rotatable bonds is 9. The summed E-state index contributed by atoms with van der Waals surface area (Å²) in [5.41, 5.74) is 6.63. The van der Waals surface area contributed by atoms with Gasteiger partial charge in [-0.2, -0.15) is 0 Å². The van der Waals surface area contributed by atoms with Crippen molar-refractivity contribution in [3.05, 3.63) is 65.5 Å². The summed E-state index contributed by atoms with van der Waals surface area (Å²) in [7, 11) is 2.02. The number of aryl methyl sites for hydroxylation is 1. The highest BCUT2D eigenvalue weighted by Crippen LogP contribution is 2.24. The van der Waals surface area contributed by atoms with E-state index < -0.39 is 5.91 Å². The third-order valence-electron chi connectivity index (χ3n) is 4.91. The molecule has 1 aromatic heterocycles. The van der Waals surface area contributed by atoms with E-state index in [4.69, 9.17) is 33.4 Å². The van der Waals surface area contributed by atoms with Crippen LogP contribution in [0.5, 0.6) is 0 Å². The molecular formula is C22H24Cl2N4O2. The number of imidazole rings is 1. The van der Waals surface area contributed by atoms with Crippen molar-refractivity contribution in [1.82, 2.24) is 15.0 Å². The highest BCUT2D eigenvalue weighted by molar-refractivity contribution is 6.18. The van der Waals surface area contributed by atoms with E-state index in [0.29, 0.717) is 18.2 Å². The maximum atomic E-state index is 11.1. The Labute approximate surface area is 185 Å². The van der Waals surface area contributed by atoms with Crippen LogP contribution in [0.3, 0.4) is 0 Å². The van der Waals surface area contributed by atoms with Crippen molar-refractivity contribution in [1.29, 1.82) is 0 Å². The molecule has 158 valence electrons. The van der Waals surface area contributed by atoms with Crippen molar-refractivity contribution in [3.8, 4) is 0 Å². The number of hydrogen-bond donors (Lipinski definition) is 2. The molecule has 2 N–H and O–H groups in total.